The van der Waals surface area contributed by atoms with E-state index in [0.29, 0.717) is 5.69 Å². The van der Waals surface area contributed by atoms with E-state index < -0.39 is 5.97 Å². The van der Waals surface area contributed by atoms with Crippen molar-refractivity contribution in [2.45, 2.75) is 25.8 Å². The van der Waals surface area contributed by atoms with Crippen LogP contribution in [0.3, 0.4) is 0 Å². The van der Waals surface area contributed by atoms with E-state index in [0.717, 1.165) is 25.7 Å². The molecule has 0 aromatic carbocycles. The molecule has 1 heterocycles. The lowest BCUT2D eigenvalue weighted by molar-refractivity contribution is 0.0698. The van der Waals surface area contributed by atoms with E-state index in [1.54, 1.807) is 6.20 Å². The standard InChI is InChI=1S/C13H19N3O2/c1-2-16(10-3-4-10)8-7-15-12-9-14-6-5-11(12)13(17)18/h5-6,9-10,15H,2-4,7-8H2,1H3,(H,17,18). The third kappa shape index (κ3) is 3.20. The second-order valence-electron chi connectivity index (χ2n) is 4.51. The molecule has 0 amide bonds. The number of hydrogen-bond donors (Lipinski definition) is 2. The van der Waals surface area contributed by atoms with Crippen LogP contribution in [-0.2, 0) is 0 Å². The Morgan fingerprint density at radius 2 is 2.39 bits per heavy atom. The number of likely N-dealkylation sites (N-methyl/N-ethyl adjacent to an activating group) is 1. The van der Waals surface area contributed by atoms with Gasteiger partial charge in [0, 0.05) is 25.3 Å². The summed E-state index contributed by atoms with van der Waals surface area (Å²) in [6.45, 7) is 4.89. The summed E-state index contributed by atoms with van der Waals surface area (Å²) in [6, 6.07) is 2.26. The summed E-state index contributed by atoms with van der Waals surface area (Å²) in [6.07, 6.45) is 5.65. The Bertz CT molecular complexity index is 418. The van der Waals surface area contributed by atoms with Gasteiger partial charge in [0.25, 0.3) is 0 Å². The Hall–Kier alpha value is -1.62. The summed E-state index contributed by atoms with van der Waals surface area (Å²) in [5.74, 6) is -0.922. The number of pyridine rings is 1. The largest absolute Gasteiger partial charge is 0.478 e. The van der Waals surface area contributed by atoms with Gasteiger partial charge < -0.3 is 10.4 Å². The lowest BCUT2D eigenvalue weighted by Crippen LogP contribution is -2.31. The first-order valence-electron chi connectivity index (χ1n) is 6.37. The monoisotopic (exact) mass is 249 g/mol. The number of nitrogens with one attached hydrogen (secondary N) is 1. The zero-order chi connectivity index (χ0) is 13.0. The molecule has 98 valence electrons. The predicted molar refractivity (Wildman–Crippen MR) is 70.0 cm³/mol. The minimum atomic E-state index is -0.922. The maximum Gasteiger partial charge on any atom is 0.337 e. The molecule has 5 heteroatoms. The number of carbonyl (C=O) groups is 1. The zero-order valence-corrected chi connectivity index (χ0v) is 10.6. The van der Waals surface area contributed by atoms with E-state index in [-0.39, 0.29) is 5.56 Å². The van der Waals surface area contributed by atoms with Crippen molar-refractivity contribution in [2.24, 2.45) is 0 Å². The van der Waals surface area contributed by atoms with Gasteiger partial charge in [-0.05, 0) is 25.5 Å². The van der Waals surface area contributed by atoms with Gasteiger partial charge in [-0.2, -0.15) is 0 Å². The molecule has 0 radical (unpaired) electrons. The third-order valence-electron chi connectivity index (χ3n) is 3.24. The number of hydrogen-bond acceptors (Lipinski definition) is 4. The van der Waals surface area contributed by atoms with Gasteiger partial charge in [-0.1, -0.05) is 6.92 Å². The van der Waals surface area contributed by atoms with Crippen LogP contribution in [-0.4, -0.2) is 46.6 Å². The van der Waals surface area contributed by atoms with Crippen LogP contribution in [0.1, 0.15) is 30.1 Å². The number of aromatic nitrogens is 1. The first kappa shape index (κ1) is 12.8. The zero-order valence-electron chi connectivity index (χ0n) is 10.6. The average molecular weight is 249 g/mol. The van der Waals surface area contributed by atoms with Crippen LogP contribution in [0.4, 0.5) is 5.69 Å². The Balaban J connectivity index is 1.87. The highest BCUT2D eigenvalue weighted by atomic mass is 16.4. The molecule has 0 unspecified atom stereocenters. The molecular formula is C13H19N3O2. The maximum atomic E-state index is 11.0. The highest BCUT2D eigenvalue weighted by molar-refractivity contribution is 5.93. The van der Waals surface area contributed by atoms with E-state index in [2.05, 4.69) is 22.1 Å². The van der Waals surface area contributed by atoms with E-state index in [9.17, 15) is 4.79 Å². The topological polar surface area (TPSA) is 65.5 Å². The van der Waals surface area contributed by atoms with Crippen LogP contribution in [0.5, 0.6) is 0 Å². The van der Waals surface area contributed by atoms with Gasteiger partial charge in [-0.3, -0.25) is 9.88 Å². The lowest BCUT2D eigenvalue weighted by Gasteiger charge is -2.20. The quantitative estimate of drug-likeness (QED) is 0.769. The fraction of sp³-hybridized carbons (Fsp3) is 0.538. The molecule has 1 aliphatic rings. The van der Waals surface area contributed by atoms with Gasteiger partial charge in [0.2, 0.25) is 0 Å². The predicted octanol–water partition coefficient (Wildman–Crippen LogP) is 1.68. The Kier molecular flexibility index (Phi) is 4.15. The molecular weight excluding hydrogens is 230 g/mol. The SMILES string of the molecule is CCN(CCNc1cnccc1C(=O)O)C1CC1. The number of carboxylic acid groups (broad SMARTS) is 1. The van der Waals surface area contributed by atoms with Crippen molar-refractivity contribution >= 4 is 11.7 Å². The van der Waals surface area contributed by atoms with Crippen LogP contribution in [0.2, 0.25) is 0 Å². The molecule has 1 aromatic rings. The fourth-order valence-corrected chi connectivity index (χ4v) is 2.09. The number of aromatic carboxylic acids is 1. The summed E-state index contributed by atoms with van der Waals surface area (Å²) >= 11 is 0. The Labute approximate surface area is 107 Å². The summed E-state index contributed by atoms with van der Waals surface area (Å²) in [5, 5.41) is 12.2. The van der Waals surface area contributed by atoms with Crippen LogP contribution in [0.25, 0.3) is 0 Å². The molecule has 2 rings (SSSR count). The van der Waals surface area contributed by atoms with Crippen molar-refractivity contribution in [3.8, 4) is 0 Å². The van der Waals surface area contributed by atoms with Gasteiger partial charge in [-0.15, -0.1) is 0 Å². The molecule has 0 spiro atoms. The maximum absolute atomic E-state index is 11.0. The van der Waals surface area contributed by atoms with Gasteiger partial charge in [0.15, 0.2) is 0 Å². The molecule has 2 N–H and O–H groups in total. The number of rotatable bonds is 7. The number of nitrogens with zero attached hydrogens (tertiary/aromatic N) is 2. The van der Waals surface area contributed by atoms with Gasteiger partial charge in [0.05, 0.1) is 17.4 Å². The van der Waals surface area contributed by atoms with Crippen molar-refractivity contribution in [3.05, 3.63) is 24.0 Å². The summed E-state index contributed by atoms with van der Waals surface area (Å²) < 4.78 is 0. The molecule has 5 nitrogen and oxygen atoms in total. The molecule has 1 aromatic heterocycles. The number of anilines is 1. The van der Waals surface area contributed by atoms with Crippen molar-refractivity contribution in [3.63, 3.8) is 0 Å². The molecule has 1 fully saturated rings. The molecule has 0 atom stereocenters. The van der Waals surface area contributed by atoms with Crippen LogP contribution < -0.4 is 5.32 Å². The second kappa shape index (κ2) is 5.82. The van der Waals surface area contributed by atoms with Crippen LogP contribution >= 0.6 is 0 Å². The smallest absolute Gasteiger partial charge is 0.337 e. The van der Waals surface area contributed by atoms with E-state index >= 15 is 0 Å². The Morgan fingerprint density at radius 3 is 3.00 bits per heavy atom. The van der Waals surface area contributed by atoms with E-state index in [4.69, 9.17) is 5.11 Å². The van der Waals surface area contributed by atoms with E-state index in [1.807, 2.05) is 0 Å². The molecule has 0 aliphatic heterocycles. The fourth-order valence-electron chi connectivity index (χ4n) is 2.09. The summed E-state index contributed by atoms with van der Waals surface area (Å²) in [7, 11) is 0. The minimum Gasteiger partial charge on any atom is -0.478 e. The second-order valence-corrected chi connectivity index (χ2v) is 4.51. The molecule has 1 aliphatic carbocycles. The van der Waals surface area contributed by atoms with Gasteiger partial charge in [0.1, 0.15) is 0 Å². The van der Waals surface area contributed by atoms with Gasteiger partial charge in [-0.25, -0.2) is 4.79 Å². The summed E-state index contributed by atoms with van der Waals surface area (Å²) in [5.41, 5.74) is 0.872. The third-order valence-corrected chi connectivity index (χ3v) is 3.24. The summed E-state index contributed by atoms with van der Waals surface area (Å²) in [4.78, 5) is 17.4. The highest BCUT2D eigenvalue weighted by Gasteiger charge is 2.27. The highest BCUT2D eigenvalue weighted by Crippen LogP contribution is 2.26. The van der Waals surface area contributed by atoms with Crippen LogP contribution in [0.15, 0.2) is 18.5 Å². The van der Waals surface area contributed by atoms with Crippen molar-refractivity contribution < 1.29 is 9.90 Å². The van der Waals surface area contributed by atoms with Crippen molar-refractivity contribution in [1.82, 2.24) is 9.88 Å². The molecule has 0 bridgehead atoms. The Morgan fingerprint density at radius 1 is 1.61 bits per heavy atom. The van der Waals surface area contributed by atoms with Crippen molar-refractivity contribution in [1.29, 1.82) is 0 Å². The number of carboxylic acids is 1. The normalized spacial score (nSPS) is 14.8. The molecule has 1 saturated carbocycles. The lowest BCUT2D eigenvalue weighted by atomic mass is 10.2. The van der Waals surface area contributed by atoms with Gasteiger partial charge >= 0.3 is 5.97 Å². The van der Waals surface area contributed by atoms with E-state index in [1.165, 1.54) is 25.1 Å². The van der Waals surface area contributed by atoms with Crippen LogP contribution in [0, 0.1) is 0 Å². The van der Waals surface area contributed by atoms with Crippen molar-refractivity contribution in [2.75, 3.05) is 25.0 Å². The minimum absolute atomic E-state index is 0.277. The average Bonchev–Trinajstić information content (AvgIpc) is 3.19. The first-order valence-corrected chi connectivity index (χ1v) is 6.37. The first-order chi connectivity index (χ1) is 8.72. The molecule has 18 heavy (non-hydrogen) atoms. The molecule has 0 saturated heterocycles.